The molecule has 0 unspecified atom stereocenters. The fourth-order valence-corrected chi connectivity index (χ4v) is 1.56. The van der Waals surface area contributed by atoms with Gasteiger partial charge < -0.3 is 15.4 Å². The van der Waals surface area contributed by atoms with E-state index in [2.05, 4.69) is 10.6 Å². The van der Waals surface area contributed by atoms with Gasteiger partial charge >= 0.3 is 0 Å². The first kappa shape index (κ1) is 14.0. The maximum Gasteiger partial charge on any atom is 0.238 e. The number of amides is 1. The molecule has 0 atom stereocenters. The first-order valence-corrected chi connectivity index (χ1v) is 5.77. The SMILES string of the molecule is COCCNCC(=O)Nc1ccc(Cl)cc1C. The molecule has 0 spiro atoms. The van der Waals surface area contributed by atoms with Gasteiger partial charge in [-0.2, -0.15) is 0 Å². The van der Waals surface area contributed by atoms with Crippen LogP contribution in [-0.4, -0.2) is 32.7 Å². The highest BCUT2D eigenvalue weighted by Crippen LogP contribution is 2.19. The van der Waals surface area contributed by atoms with E-state index in [0.717, 1.165) is 11.3 Å². The molecular weight excluding hydrogens is 240 g/mol. The van der Waals surface area contributed by atoms with Crippen LogP contribution in [0.1, 0.15) is 5.56 Å². The van der Waals surface area contributed by atoms with Crippen molar-refractivity contribution < 1.29 is 9.53 Å². The molecule has 5 heteroatoms. The Kier molecular flexibility index (Phi) is 5.97. The average molecular weight is 257 g/mol. The molecule has 0 fully saturated rings. The standard InChI is InChI=1S/C12H17ClN2O2/c1-9-7-10(13)3-4-11(9)15-12(16)8-14-5-6-17-2/h3-4,7,14H,5-6,8H2,1-2H3,(H,15,16). The molecule has 0 heterocycles. The maximum absolute atomic E-state index is 11.6. The molecule has 1 rings (SSSR count). The molecule has 17 heavy (non-hydrogen) atoms. The quantitative estimate of drug-likeness (QED) is 0.764. The highest BCUT2D eigenvalue weighted by molar-refractivity contribution is 6.30. The van der Waals surface area contributed by atoms with Crippen LogP contribution in [0.2, 0.25) is 5.02 Å². The average Bonchev–Trinajstić information content (AvgIpc) is 2.28. The molecule has 0 aliphatic rings. The molecule has 4 nitrogen and oxygen atoms in total. The molecule has 1 aromatic carbocycles. The predicted molar refractivity (Wildman–Crippen MR) is 69.6 cm³/mol. The third-order valence-corrected chi connectivity index (χ3v) is 2.47. The summed E-state index contributed by atoms with van der Waals surface area (Å²) < 4.78 is 4.87. The van der Waals surface area contributed by atoms with Crippen LogP contribution in [-0.2, 0) is 9.53 Å². The van der Waals surface area contributed by atoms with Gasteiger partial charge in [0.25, 0.3) is 0 Å². The Morgan fingerprint density at radius 1 is 1.47 bits per heavy atom. The number of ether oxygens (including phenoxy) is 1. The Bertz CT molecular complexity index is 383. The topological polar surface area (TPSA) is 50.4 Å². The first-order chi connectivity index (χ1) is 8.13. The lowest BCUT2D eigenvalue weighted by atomic mass is 10.2. The van der Waals surface area contributed by atoms with Gasteiger partial charge in [0.1, 0.15) is 0 Å². The van der Waals surface area contributed by atoms with Crippen molar-refractivity contribution in [2.75, 3.05) is 32.1 Å². The molecule has 0 aromatic heterocycles. The van der Waals surface area contributed by atoms with Crippen molar-refractivity contribution >= 4 is 23.2 Å². The van der Waals surface area contributed by atoms with E-state index in [4.69, 9.17) is 16.3 Å². The number of benzene rings is 1. The van der Waals surface area contributed by atoms with E-state index in [-0.39, 0.29) is 12.5 Å². The zero-order chi connectivity index (χ0) is 12.7. The third-order valence-electron chi connectivity index (χ3n) is 2.23. The van der Waals surface area contributed by atoms with Gasteiger partial charge in [0, 0.05) is 24.4 Å². The Balaban J connectivity index is 2.40. The van der Waals surface area contributed by atoms with Crippen LogP contribution < -0.4 is 10.6 Å². The molecule has 0 radical (unpaired) electrons. The number of nitrogens with one attached hydrogen (secondary N) is 2. The zero-order valence-electron chi connectivity index (χ0n) is 10.0. The second-order valence-electron chi connectivity index (χ2n) is 3.68. The number of methoxy groups -OCH3 is 1. The summed E-state index contributed by atoms with van der Waals surface area (Å²) in [5.41, 5.74) is 1.73. The second-order valence-corrected chi connectivity index (χ2v) is 4.11. The van der Waals surface area contributed by atoms with E-state index in [1.807, 2.05) is 13.0 Å². The Labute approximate surface area is 106 Å². The van der Waals surface area contributed by atoms with Gasteiger partial charge in [0.05, 0.1) is 13.2 Å². The minimum absolute atomic E-state index is 0.0773. The number of hydrogen-bond acceptors (Lipinski definition) is 3. The van der Waals surface area contributed by atoms with Crippen molar-refractivity contribution in [2.24, 2.45) is 0 Å². The number of aryl methyl sites for hydroxylation is 1. The largest absolute Gasteiger partial charge is 0.383 e. The highest BCUT2D eigenvalue weighted by Gasteiger charge is 2.04. The summed E-state index contributed by atoms with van der Waals surface area (Å²) in [7, 11) is 1.62. The van der Waals surface area contributed by atoms with Crippen LogP contribution in [0.4, 0.5) is 5.69 Å². The van der Waals surface area contributed by atoms with Gasteiger partial charge in [-0.25, -0.2) is 0 Å². The van der Waals surface area contributed by atoms with Crippen molar-refractivity contribution in [2.45, 2.75) is 6.92 Å². The Morgan fingerprint density at radius 3 is 2.88 bits per heavy atom. The van der Waals surface area contributed by atoms with Crippen molar-refractivity contribution in [3.8, 4) is 0 Å². The van der Waals surface area contributed by atoms with Crippen LogP contribution in [0.25, 0.3) is 0 Å². The van der Waals surface area contributed by atoms with Crippen molar-refractivity contribution in [3.63, 3.8) is 0 Å². The van der Waals surface area contributed by atoms with Gasteiger partial charge in [0.2, 0.25) is 5.91 Å². The van der Waals surface area contributed by atoms with E-state index in [9.17, 15) is 4.79 Å². The second kappa shape index (κ2) is 7.27. The normalized spacial score (nSPS) is 10.3. The lowest BCUT2D eigenvalue weighted by molar-refractivity contribution is -0.115. The van der Waals surface area contributed by atoms with Gasteiger partial charge in [-0.1, -0.05) is 11.6 Å². The molecule has 1 amide bonds. The van der Waals surface area contributed by atoms with Crippen molar-refractivity contribution in [1.82, 2.24) is 5.32 Å². The number of halogens is 1. The Morgan fingerprint density at radius 2 is 2.24 bits per heavy atom. The fourth-order valence-electron chi connectivity index (χ4n) is 1.34. The van der Waals surface area contributed by atoms with Gasteiger partial charge in [-0.3, -0.25) is 4.79 Å². The lowest BCUT2D eigenvalue weighted by Gasteiger charge is -2.09. The van der Waals surface area contributed by atoms with Crippen molar-refractivity contribution in [1.29, 1.82) is 0 Å². The first-order valence-electron chi connectivity index (χ1n) is 5.39. The van der Waals surface area contributed by atoms with E-state index in [1.165, 1.54) is 0 Å². The maximum atomic E-state index is 11.6. The van der Waals surface area contributed by atoms with Gasteiger partial charge in [-0.15, -0.1) is 0 Å². The molecular formula is C12H17ClN2O2. The smallest absolute Gasteiger partial charge is 0.238 e. The monoisotopic (exact) mass is 256 g/mol. The number of anilines is 1. The minimum atomic E-state index is -0.0773. The van der Waals surface area contributed by atoms with Crippen molar-refractivity contribution in [3.05, 3.63) is 28.8 Å². The van der Waals surface area contributed by atoms with Crippen LogP contribution in [0.15, 0.2) is 18.2 Å². The highest BCUT2D eigenvalue weighted by atomic mass is 35.5. The minimum Gasteiger partial charge on any atom is -0.383 e. The van der Waals surface area contributed by atoms with Gasteiger partial charge in [-0.05, 0) is 30.7 Å². The summed E-state index contributed by atoms with van der Waals surface area (Å²) in [6.45, 7) is 3.42. The summed E-state index contributed by atoms with van der Waals surface area (Å²) in [4.78, 5) is 11.6. The molecule has 0 aliphatic heterocycles. The molecule has 0 saturated heterocycles. The predicted octanol–water partition coefficient (Wildman–Crippen LogP) is 1.82. The lowest BCUT2D eigenvalue weighted by Crippen LogP contribution is -2.30. The van der Waals surface area contributed by atoms with Crippen LogP contribution >= 0.6 is 11.6 Å². The number of rotatable bonds is 6. The van der Waals surface area contributed by atoms with Crippen LogP contribution in [0.3, 0.4) is 0 Å². The van der Waals surface area contributed by atoms with Crippen LogP contribution in [0.5, 0.6) is 0 Å². The number of carbonyl (C=O) groups excluding carboxylic acids is 1. The fraction of sp³-hybridized carbons (Fsp3) is 0.417. The van der Waals surface area contributed by atoms with Gasteiger partial charge in [0.15, 0.2) is 0 Å². The van der Waals surface area contributed by atoms with E-state index < -0.39 is 0 Å². The number of carbonyl (C=O) groups is 1. The summed E-state index contributed by atoms with van der Waals surface area (Å²) >= 11 is 5.83. The molecule has 0 bridgehead atoms. The van der Waals surface area contributed by atoms with E-state index >= 15 is 0 Å². The van der Waals surface area contributed by atoms with E-state index in [0.29, 0.717) is 18.2 Å². The van der Waals surface area contributed by atoms with Crippen LogP contribution in [0, 0.1) is 6.92 Å². The number of hydrogen-bond donors (Lipinski definition) is 2. The summed E-state index contributed by atoms with van der Waals surface area (Å²) in [5.74, 6) is -0.0773. The Hall–Kier alpha value is -1.10. The molecule has 0 aliphatic carbocycles. The summed E-state index contributed by atoms with van der Waals surface area (Å²) in [5, 5.41) is 6.45. The molecule has 94 valence electrons. The molecule has 2 N–H and O–H groups in total. The third kappa shape index (κ3) is 5.17. The molecule has 0 saturated carbocycles. The summed E-state index contributed by atoms with van der Waals surface area (Å²) in [6, 6.07) is 5.36. The molecule has 1 aromatic rings. The summed E-state index contributed by atoms with van der Waals surface area (Å²) in [6.07, 6.45) is 0. The van der Waals surface area contributed by atoms with E-state index in [1.54, 1.807) is 19.2 Å². The zero-order valence-corrected chi connectivity index (χ0v) is 10.8.